The SMILES string of the molecule is CCOC(=O)CNC(=O)c1ncc(-c2cccc(Cl)c2)c(CC)c1OCc1ccc(OC)cc1. The predicted octanol–water partition coefficient (Wildman–Crippen LogP) is 4.84. The fourth-order valence-corrected chi connectivity index (χ4v) is 3.62. The number of benzene rings is 2. The molecule has 1 heterocycles. The van der Waals surface area contributed by atoms with E-state index < -0.39 is 11.9 Å². The van der Waals surface area contributed by atoms with E-state index in [4.69, 9.17) is 25.8 Å². The fraction of sp³-hybridized carbons (Fsp3) is 0.269. The van der Waals surface area contributed by atoms with Gasteiger partial charge in [0.05, 0.1) is 13.7 Å². The van der Waals surface area contributed by atoms with E-state index in [1.165, 1.54) is 0 Å². The maximum absolute atomic E-state index is 12.9. The van der Waals surface area contributed by atoms with Crippen LogP contribution in [0.5, 0.6) is 11.5 Å². The molecule has 0 unspecified atom stereocenters. The average Bonchev–Trinajstić information content (AvgIpc) is 2.85. The highest BCUT2D eigenvalue weighted by atomic mass is 35.5. The lowest BCUT2D eigenvalue weighted by molar-refractivity contribution is -0.141. The quantitative estimate of drug-likeness (QED) is 0.416. The van der Waals surface area contributed by atoms with Gasteiger partial charge in [0.25, 0.3) is 5.91 Å². The molecule has 1 amide bonds. The topological polar surface area (TPSA) is 86.8 Å². The molecule has 3 rings (SSSR count). The Bertz CT molecular complexity index is 1150. The summed E-state index contributed by atoms with van der Waals surface area (Å²) in [6, 6.07) is 14.9. The summed E-state index contributed by atoms with van der Waals surface area (Å²) in [4.78, 5) is 29.1. The Morgan fingerprint density at radius 1 is 1.09 bits per heavy atom. The highest BCUT2D eigenvalue weighted by molar-refractivity contribution is 6.30. The second-order valence-electron chi connectivity index (χ2n) is 7.32. The predicted molar refractivity (Wildman–Crippen MR) is 130 cm³/mol. The van der Waals surface area contributed by atoms with Gasteiger partial charge in [-0.2, -0.15) is 0 Å². The fourth-order valence-electron chi connectivity index (χ4n) is 3.43. The molecule has 34 heavy (non-hydrogen) atoms. The van der Waals surface area contributed by atoms with Crippen molar-refractivity contribution in [3.63, 3.8) is 0 Å². The standard InChI is InChI=1S/C26H27ClN2O5/c1-4-21-22(18-7-6-8-19(27)13-18)14-28-24(26(31)29-15-23(30)33-5-2)25(21)34-16-17-9-11-20(32-3)12-10-17/h6-14H,4-5,15-16H2,1-3H3,(H,29,31). The zero-order chi connectivity index (χ0) is 24.5. The molecule has 0 saturated carbocycles. The minimum absolute atomic E-state index is 0.0976. The molecule has 2 aromatic carbocycles. The van der Waals surface area contributed by atoms with Crippen molar-refractivity contribution in [3.8, 4) is 22.6 Å². The molecule has 178 valence electrons. The summed E-state index contributed by atoms with van der Waals surface area (Å²) in [6.07, 6.45) is 2.21. The largest absolute Gasteiger partial charge is 0.497 e. The summed E-state index contributed by atoms with van der Waals surface area (Å²) >= 11 is 6.20. The molecule has 8 heteroatoms. The highest BCUT2D eigenvalue weighted by Crippen LogP contribution is 2.34. The number of amides is 1. The van der Waals surface area contributed by atoms with Crippen molar-refractivity contribution in [2.45, 2.75) is 26.9 Å². The number of ether oxygens (including phenoxy) is 3. The normalized spacial score (nSPS) is 10.5. The second-order valence-corrected chi connectivity index (χ2v) is 7.75. The number of nitrogens with zero attached hydrogens (tertiary/aromatic N) is 1. The Hall–Kier alpha value is -3.58. The second kappa shape index (κ2) is 12.0. The van der Waals surface area contributed by atoms with Gasteiger partial charge >= 0.3 is 5.97 Å². The number of carbonyl (C=O) groups excluding carboxylic acids is 2. The molecule has 1 N–H and O–H groups in total. The summed E-state index contributed by atoms with van der Waals surface area (Å²) in [5.41, 5.74) is 3.49. The molecule has 1 aromatic heterocycles. The van der Waals surface area contributed by atoms with Gasteiger partial charge in [0.1, 0.15) is 18.9 Å². The van der Waals surface area contributed by atoms with Crippen LogP contribution in [0.1, 0.15) is 35.5 Å². The minimum atomic E-state index is -0.525. The van der Waals surface area contributed by atoms with Crippen molar-refractivity contribution in [3.05, 3.63) is 76.6 Å². The van der Waals surface area contributed by atoms with Crippen LogP contribution in [0.3, 0.4) is 0 Å². The number of rotatable bonds is 10. The van der Waals surface area contributed by atoms with Crippen LogP contribution in [0.2, 0.25) is 5.02 Å². The Labute approximate surface area is 204 Å². The number of nitrogens with one attached hydrogen (secondary N) is 1. The summed E-state index contributed by atoms with van der Waals surface area (Å²) in [5, 5.41) is 3.16. The summed E-state index contributed by atoms with van der Waals surface area (Å²) < 4.78 is 16.3. The molecular weight excluding hydrogens is 456 g/mol. The van der Waals surface area contributed by atoms with Crippen LogP contribution >= 0.6 is 11.6 Å². The first-order valence-corrected chi connectivity index (χ1v) is 11.3. The highest BCUT2D eigenvalue weighted by Gasteiger charge is 2.22. The maximum atomic E-state index is 12.9. The van der Waals surface area contributed by atoms with Gasteiger partial charge in [-0.3, -0.25) is 9.59 Å². The van der Waals surface area contributed by atoms with Gasteiger partial charge in [-0.1, -0.05) is 42.8 Å². The molecule has 0 bridgehead atoms. The van der Waals surface area contributed by atoms with Crippen LogP contribution in [0.25, 0.3) is 11.1 Å². The number of hydrogen-bond acceptors (Lipinski definition) is 6. The van der Waals surface area contributed by atoms with E-state index in [-0.39, 0.29) is 25.5 Å². The molecule has 0 aliphatic carbocycles. The summed E-state index contributed by atoms with van der Waals surface area (Å²) in [5.74, 6) is 0.0479. The maximum Gasteiger partial charge on any atom is 0.325 e. The molecule has 7 nitrogen and oxygen atoms in total. The van der Waals surface area contributed by atoms with E-state index >= 15 is 0 Å². The van der Waals surface area contributed by atoms with Gasteiger partial charge in [-0.25, -0.2) is 4.98 Å². The molecule has 0 spiro atoms. The smallest absolute Gasteiger partial charge is 0.325 e. The first-order chi connectivity index (χ1) is 16.5. The summed E-state index contributed by atoms with van der Waals surface area (Å²) in [7, 11) is 1.60. The zero-order valence-corrected chi connectivity index (χ0v) is 20.1. The molecule has 0 saturated heterocycles. The molecule has 0 aliphatic heterocycles. The van der Waals surface area contributed by atoms with E-state index in [1.54, 1.807) is 26.3 Å². The van der Waals surface area contributed by atoms with E-state index in [2.05, 4.69) is 10.3 Å². The van der Waals surface area contributed by atoms with Crippen molar-refractivity contribution < 1.29 is 23.8 Å². The first-order valence-electron chi connectivity index (χ1n) is 10.9. The number of methoxy groups -OCH3 is 1. The average molecular weight is 483 g/mol. The molecule has 3 aromatic rings. The third-order valence-corrected chi connectivity index (χ3v) is 5.32. The van der Waals surface area contributed by atoms with Crippen molar-refractivity contribution in [1.82, 2.24) is 10.3 Å². The minimum Gasteiger partial charge on any atom is -0.497 e. The van der Waals surface area contributed by atoms with Gasteiger partial charge in [0.15, 0.2) is 11.4 Å². The Balaban J connectivity index is 1.97. The van der Waals surface area contributed by atoms with Crippen LogP contribution < -0.4 is 14.8 Å². The summed E-state index contributed by atoms with van der Waals surface area (Å²) in [6.45, 7) is 3.87. The lowest BCUT2D eigenvalue weighted by Gasteiger charge is -2.18. The Kier molecular flexibility index (Phi) is 8.87. The van der Waals surface area contributed by atoms with Crippen molar-refractivity contribution >= 4 is 23.5 Å². The first kappa shape index (κ1) is 25.1. The number of pyridine rings is 1. The van der Waals surface area contributed by atoms with Crippen molar-refractivity contribution in [2.75, 3.05) is 20.3 Å². The molecule has 0 radical (unpaired) electrons. The number of carbonyl (C=O) groups is 2. The third-order valence-electron chi connectivity index (χ3n) is 5.08. The van der Waals surface area contributed by atoms with Gasteiger partial charge in [-0.15, -0.1) is 0 Å². The Morgan fingerprint density at radius 2 is 1.85 bits per heavy atom. The molecule has 0 atom stereocenters. The number of aromatic nitrogens is 1. The van der Waals surface area contributed by atoms with Crippen LogP contribution in [0, 0.1) is 0 Å². The van der Waals surface area contributed by atoms with Gasteiger partial charge in [-0.05, 0) is 48.7 Å². The number of halogens is 1. The zero-order valence-electron chi connectivity index (χ0n) is 19.4. The molecule has 0 fully saturated rings. The van der Waals surface area contributed by atoms with Gasteiger partial charge in [0.2, 0.25) is 0 Å². The number of esters is 1. The van der Waals surface area contributed by atoms with E-state index in [0.717, 1.165) is 28.0 Å². The van der Waals surface area contributed by atoms with E-state index in [9.17, 15) is 9.59 Å². The van der Waals surface area contributed by atoms with Crippen LogP contribution in [0.4, 0.5) is 0 Å². The molecule has 0 aliphatic rings. The lowest BCUT2D eigenvalue weighted by atomic mass is 9.98. The van der Waals surface area contributed by atoms with Crippen LogP contribution in [-0.4, -0.2) is 37.1 Å². The van der Waals surface area contributed by atoms with E-state index in [1.807, 2.05) is 49.4 Å². The van der Waals surface area contributed by atoms with E-state index in [0.29, 0.717) is 17.2 Å². The van der Waals surface area contributed by atoms with Gasteiger partial charge < -0.3 is 19.5 Å². The monoisotopic (exact) mass is 482 g/mol. The Morgan fingerprint density at radius 3 is 2.50 bits per heavy atom. The molecular formula is C26H27ClN2O5. The van der Waals surface area contributed by atoms with Crippen LogP contribution in [0.15, 0.2) is 54.7 Å². The van der Waals surface area contributed by atoms with Gasteiger partial charge in [0, 0.05) is 22.3 Å². The van der Waals surface area contributed by atoms with Crippen LogP contribution in [-0.2, 0) is 22.6 Å². The van der Waals surface area contributed by atoms with Crippen molar-refractivity contribution in [1.29, 1.82) is 0 Å². The van der Waals surface area contributed by atoms with Crippen molar-refractivity contribution in [2.24, 2.45) is 0 Å². The lowest BCUT2D eigenvalue weighted by Crippen LogP contribution is -2.31. The third kappa shape index (κ3) is 6.26. The number of hydrogen-bond donors (Lipinski definition) is 1.